The van der Waals surface area contributed by atoms with Crippen LogP contribution in [0.5, 0.6) is 17.2 Å². The van der Waals surface area contributed by atoms with Gasteiger partial charge in [-0.15, -0.1) is 0 Å². The van der Waals surface area contributed by atoms with Gasteiger partial charge in [-0.2, -0.15) is 0 Å². The minimum absolute atomic E-state index is 0.0403. The highest BCUT2D eigenvalue weighted by atomic mass is 19.1. The maximum absolute atomic E-state index is 13.4. The van der Waals surface area contributed by atoms with Crippen molar-refractivity contribution in [3.8, 4) is 17.2 Å². The lowest BCUT2D eigenvalue weighted by atomic mass is 9.97. The molecular formula is C17H17FN2O3. The Balaban J connectivity index is 1.55. The molecule has 2 aromatic rings. The number of ether oxygens (including phenoxy) is 2. The van der Waals surface area contributed by atoms with Crippen molar-refractivity contribution in [1.82, 2.24) is 10.9 Å². The Morgan fingerprint density at radius 3 is 2.61 bits per heavy atom. The number of rotatable bonds is 2. The summed E-state index contributed by atoms with van der Waals surface area (Å²) in [6.07, 6.45) is 0.691. The average molecular weight is 316 g/mol. The highest BCUT2D eigenvalue weighted by Crippen LogP contribution is 2.38. The van der Waals surface area contributed by atoms with Crippen LogP contribution in [0.25, 0.3) is 0 Å². The van der Waals surface area contributed by atoms with Crippen LogP contribution >= 0.6 is 0 Å². The molecule has 2 aliphatic rings. The first-order valence-electron chi connectivity index (χ1n) is 7.60. The predicted molar refractivity (Wildman–Crippen MR) is 81.9 cm³/mol. The zero-order chi connectivity index (χ0) is 15.8. The lowest BCUT2D eigenvalue weighted by Crippen LogP contribution is -2.26. The smallest absolute Gasteiger partial charge is 0.161 e. The summed E-state index contributed by atoms with van der Waals surface area (Å²) in [5, 5.41) is 9.94. The van der Waals surface area contributed by atoms with Crippen molar-refractivity contribution in [2.24, 2.45) is 0 Å². The van der Waals surface area contributed by atoms with E-state index in [2.05, 4.69) is 10.9 Å². The summed E-state index contributed by atoms with van der Waals surface area (Å²) in [5.41, 5.74) is 7.92. The summed E-state index contributed by atoms with van der Waals surface area (Å²) in [4.78, 5) is 0. The van der Waals surface area contributed by atoms with Crippen LogP contribution in [-0.2, 0) is 0 Å². The molecule has 3 N–H and O–H groups in total. The van der Waals surface area contributed by atoms with Gasteiger partial charge in [-0.1, -0.05) is 6.07 Å². The summed E-state index contributed by atoms with van der Waals surface area (Å²) in [7, 11) is 0. The number of aromatic hydroxyl groups is 1. The molecule has 0 bridgehead atoms. The van der Waals surface area contributed by atoms with E-state index in [1.54, 1.807) is 0 Å². The minimum Gasteiger partial charge on any atom is -0.508 e. The topological polar surface area (TPSA) is 62.8 Å². The van der Waals surface area contributed by atoms with E-state index in [1.807, 2.05) is 18.2 Å². The van der Waals surface area contributed by atoms with E-state index in [9.17, 15) is 9.50 Å². The van der Waals surface area contributed by atoms with Crippen molar-refractivity contribution in [2.45, 2.75) is 18.5 Å². The molecule has 0 radical (unpaired) electrons. The first kappa shape index (κ1) is 14.3. The number of fused-ring (bicyclic) bond motifs is 1. The van der Waals surface area contributed by atoms with Gasteiger partial charge < -0.3 is 14.6 Å². The normalized spacial score (nSPS) is 23.0. The van der Waals surface area contributed by atoms with Crippen LogP contribution in [0.4, 0.5) is 4.39 Å². The fourth-order valence-corrected chi connectivity index (χ4v) is 3.06. The Morgan fingerprint density at radius 2 is 1.74 bits per heavy atom. The number of halogens is 1. The highest BCUT2D eigenvalue weighted by Gasteiger charge is 2.29. The first-order chi connectivity index (χ1) is 11.2. The van der Waals surface area contributed by atoms with Gasteiger partial charge in [0.15, 0.2) is 11.5 Å². The number of benzene rings is 2. The molecule has 2 aromatic carbocycles. The third-order valence-corrected chi connectivity index (χ3v) is 4.24. The monoisotopic (exact) mass is 316 g/mol. The molecule has 2 aliphatic heterocycles. The molecule has 120 valence electrons. The molecule has 0 saturated carbocycles. The summed E-state index contributed by atoms with van der Waals surface area (Å²) in [6.45, 7) is 1.11. The van der Waals surface area contributed by atoms with Crippen LogP contribution in [0.1, 0.15) is 29.6 Å². The Kier molecular flexibility index (Phi) is 3.55. The molecule has 4 rings (SSSR count). The molecule has 1 fully saturated rings. The zero-order valence-corrected chi connectivity index (χ0v) is 12.4. The summed E-state index contributed by atoms with van der Waals surface area (Å²) < 4.78 is 24.6. The van der Waals surface area contributed by atoms with Gasteiger partial charge in [-0.3, -0.25) is 0 Å². The lowest BCUT2D eigenvalue weighted by Gasteiger charge is -2.20. The standard InChI is InChI=1S/C17H17FN2O3/c18-11-2-3-15(21)12(8-11)14-9-13(19-20-14)10-1-4-16-17(7-10)23-6-5-22-16/h1-4,7-8,13-14,19-21H,5-6,9H2. The van der Waals surface area contributed by atoms with E-state index in [4.69, 9.17) is 9.47 Å². The second-order valence-electron chi connectivity index (χ2n) is 5.74. The van der Waals surface area contributed by atoms with Gasteiger partial charge in [0.25, 0.3) is 0 Å². The van der Waals surface area contributed by atoms with Crippen molar-refractivity contribution < 1.29 is 19.0 Å². The fraction of sp³-hybridized carbons (Fsp3) is 0.294. The average Bonchev–Trinajstić information content (AvgIpc) is 3.06. The molecule has 5 nitrogen and oxygen atoms in total. The molecule has 2 atom stereocenters. The van der Waals surface area contributed by atoms with E-state index in [-0.39, 0.29) is 23.7 Å². The van der Waals surface area contributed by atoms with Crippen molar-refractivity contribution in [2.75, 3.05) is 13.2 Å². The molecule has 0 spiro atoms. The van der Waals surface area contributed by atoms with E-state index < -0.39 is 0 Å². The Labute approximate surface area is 133 Å². The summed E-state index contributed by atoms with van der Waals surface area (Å²) >= 11 is 0. The molecule has 1 saturated heterocycles. The SMILES string of the molecule is Oc1ccc(F)cc1C1CC(c2ccc3c(c2)OCCO3)NN1. The van der Waals surface area contributed by atoms with Gasteiger partial charge in [-0.05, 0) is 42.3 Å². The van der Waals surface area contributed by atoms with Gasteiger partial charge in [-0.25, -0.2) is 15.2 Å². The predicted octanol–water partition coefficient (Wildman–Crippen LogP) is 2.58. The van der Waals surface area contributed by atoms with Gasteiger partial charge in [0.2, 0.25) is 0 Å². The van der Waals surface area contributed by atoms with Crippen molar-refractivity contribution >= 4 is 0 Å². The minimum atomic E-state index is -0.359. The van der Waals surface area contributed by atoms with Crippen LogP contribution in [0.2, 0.25) is 0 Å². The molecular weight excluding hydrogens is 299 g/mol. The Hall–Kier alpha value is -2.31. The third-order valence-electron chi connectivity index (χ3n) is 4.24. The van der Waals surface area contributed by atoms with Gasteiger partial charge in [0, 0.05) is 11.6 Å². The van der Waals surface area contributed by atoms with Crippen molar-refractivity contribution in [1.29, 1.82) is 0 Å². The van der Waals surface area contributed by atoms with E-state index in [0.29, 0.717) is 25.2 Å². The molecule has 2 heterocycles. The lowest BCUT2D eigenvalue weighted by molar-refractivity contribution is 0.171. The zero-order valence-electron chi connectivity index (χ0n) is 12.4. The molecule has 23 heavy (non-hydrogen) atoms. The van der Waals surface area contributed by atoms with Crippen LogP contribution < -0.4 is 20.3 Å². The van der Waals surface area contributed by atoms with Gasteiger partial charge >= 0.3 is 0 Å². The first-order valence-corrected chi connectivity index (χ1v) is 7.60. The maximum atomic E-state index is 13.4. The molecule has 6 heteroatoms. The summed E-state index contributed by atoms with van der Waals surface area (Å²) in [6, 6.07) is 9.72. The van der Waals surface area contributed by atoms with Crippen LogP contribution in [0.15, 0.2) is 36.4 Å². The molecule has 0 aliphatic carbocycles. The van der Waals surface area contributed by atoms with Crippen LogP contribution in [0, 0.1) is 5.82 Å². The number of phenols is 1. The molecule has 0 amide bonds. The van der Waals surface area contributed by atoms with Gasteiger partial charge in [0.05, 0.1) is 6.04 Å². The second-order valence-corrected chi connectivity index (χ2v) is 5.74. The van der Waals surface area contributed by atoms with Crippen LogP contribution in [-0.4, -0.2) is 18.3 Å². The largest absolute Gasteiger partial charge is 0.508 e. The fourth-order valence-electron chi connectivity index (χ4n) is 3.06. The Morgan fingerprint density at radius 1 is 0.957 bits per heavy atom. The van der Waals surface area contributed by atoms with Crippen molar-refractivity contribution in [3.63, 3.8) is 0 Å². The highest BCUT2D eigenvalue weighted by molar-refractivity contribution is 5.45. The third kappa shape index (κ3) is 2.71. The number of hydrazine groups is 1. The second kappa shape index (κ2) is 5.72. The van der Waals surface area contributed by atoms with E-state index >= 15 is 0 Å². The maximum Gasteiger partial charge on any atom is 0.161 e. The van der Waals surface area contributed by atoms with Crippen molar-refractivity contribution in [3.05, 3.63) is 53.3 Å². The van der Waals surface area contributed by atoms with E-state index in [0.717, 1.165) is 17.1 Å². The Bertz CT molecular complexity index is 738. The quantitative estimate of drug-likeness (QED) is 0.795. The number of phenolic OH excluding ortho intramolecular Hbond substituents is 1. The van der Waals surface area contributed by atoms with Crippen LogP contribution in [0.3, 0.4) is 0 Å². The molecule has 2 unspecified atom stereocenters. The number of hydrogen-bond donors (Lipinski definition) is 3. The number of nitrogens with one attached hydrogen (secondary N) is 2. The molecule has 0 aromatic heterocycles. The van der Waals surface area contributed by atoms with E-state index in [1.165, 1.54) is 18.2 Å². The summed E-state index contributed by atoms with van der Waals surface area (Å²) in [5.74, 6) is 1.23. The number of hydrogen-bond acceptors (Lipinski definition) is 5. The van der Waals surface area contributed by atoms with Gasteiger partial charge in [0.1, 0.15) is 24.8 Å².